The van der Waals surface area contributed by atoms with Crippen LogP contribution in [0.1, 0.15) is 23.1 Å². The molecule has 7 heteroatoms. The maximum atomic E-state index is 10.9. The lowest BCUT2D eigenvalue weighted by atomic mass is 10.2. The number of nitrogens with zero attached hydrogens (tertiary/aromatic N) is 2. The maximum Gasteiger partial charge on any atom is 0.176 e. The molecule has 0 aliphatic carbocycles. The quantitative estimate of drug-likeness (QED) is 0.726. The van der Waals surface area contributed by atoms with Gasteiger partial charge in [-0.05, 0) is 35.0 Å². The molecule has 0 fully saturated rings. The van der Waals surface area contributed by atoms with Gasteiger partial charge in [0.1, 0.15) is 23.9 Å². The van der Waals surface area contributed by atoms with Crippen molar-refractivity contribution in [2.75, 3.05) is 6.61 Å². The molecule has 0 bridgehead atoms. The Hall–Kier alpha value is -1.53. The summed E-state index contributed by atoms with van der Waals surface area (Å²) >= 11 is 9.32. The number of carbonyl (C=O) groups excluding carboxylic acids is 1. The summed E-state index contributed by atoms with van der Waals surface area (Å²) in [5, 5.41) is 0.536. The number of imidazole rings is 1. The standard InChI is InChI=1S/C14H14BrClN2O3/c1-3-20-11-5-9(7-19)4-10(15)14(11)21-8-13-17-6-12(16)18(13)2/h4-7H,3,8H2,1-2H3. The molecule has 0 N–H and O–H groups in total. The van der Waals surface area contributed by atoms with Crippen LogP contribution in [0.5, 0.6) is 11.5 Å². The minimum atomic E-state index is 0.238. The van der Waals surface area contributed by atoms with E-state index in [0.717, 1.165) is 6.29 Å². The van der Waals surface area contributed by atoms with Gasteiger partial charge in [0, 0.05) is 12.6 Å². The van der Waals surface area contributed by atoms with Crippen LogP contribution in [0.2, 0.25) is 5.15 Å². The summed E-state index contributed by atoms with van der Waals surface area (Å²) in [6, 6.07) is 3.32. The molecule has 0 saturated heterocycles. The SMILES string of the molecule is CCOc1cc(C=O)cc(Br)c1OCc1ncc(Cl)n1C. The molecule has 1 aromatic carbocycles. The Morgan fingerprint density at radius 3 is 2.76 bits per heavy atom. The number of aromatic nitrogens is 2. The smallest absolute Gasteiger partial charge is 0.176 e. The third-order valence-corrected chi connectivity index (χ3v) is 3.78. The Kier molecular flexibility index (Phi) is 5.25. The molecule has 5 nitrogen and oxygen atoms in total. The van der Waals surface area contributed by atoms with Crippen molar-refractivity contribution in [1.82, 2.24) is 9.55 Å². The van der Waals surface area contributed by atoms with E-state index in [1.165, 1.54) is 0 Å². The summed E-state index contributed by atoms with van der Waals surface area (Å²) in [5.41, 5.74) is 0.512. The molecular weight excluding hydrogens is 360 g/mol. The lowest BCUT2D eigenvalue weighted by molar-refractivity contribution is 0.112. The van der Waals surface area contributed by atoms with E-state index in [2.05, 4.69) is 20.9 Å². The molecule has 0 unspecified atom stereocenters. The van der Waals surface area contributed by atoms with Crippen molar-refractivity contribution in [2.45, 2.75) is 13.5 Å². The van der Waals surface area contributed by atoms with Crippen LogP contribution in [0.15, 0.2) is 22.8 Å². The number of benzene rings is 1. The summed E-state index contributed by atoms with van der Waals surface area (Å²) in [6.07, 6.45) is 2.32. The van der Waals surface area contributed by atoms with Gasteiger partial charge < -0.3 is 14.0 Å². The van der Waals surface area contributed by atoms with Crippen molar-refractivity contribution in [1.29, 1.82) is 0 Å². The summed E-state index contributed by atoms with van der Waals surface area (Å²) in [5.74, 6) is 1.73. The van der Waals surface area contributed by atoms with Crippen molar-refractivity contribution < 1.29 is 14.3 Å². The molecule has 112 valence electrons. The first-order chi connectivity index (χ1) is 10.1. The molecule has 0 spiro atoms. The van der Waals surface area contributed by atoms with Gasteiger partial charge in [-0.1, -0.05) is 11.6 Å². The predicted octanol–water partition coefficient (Wildman–Crippen LogP) is 3.63. The summed E-state index contributed by atoms with van der Waals surface area (Å²) in [4.78, 5) is 15.1. The van der Waals surface area contributed by atoms with Crippen molar-refractivity contribution in [3.63, 3.8) is 0 Å². The summed E-state index contributed by atoms with van der Waals surface area (Å²) in [6.45, 7) is 2.57. The number of rotatable bonds is 6. The molecular formula is C14H14BrClN2O3. The number of hydrogen-bond donors (Lipinski definition) is 0. The number of aldehydes is 1. The van der Waals surface area contributed by atoms with E-state index in [-0.39, 0.29) is 6.61 Å². The molecule has 0 atom stereocenters. The van der Waals surface area contributed by atoms with Crippen LogP contribution < -0.4 is 9.47 Å². The Bertz CT molecular complexity index is 658. The van der Waals surface area contributed by atoms with E-state index in [1.807, 2.05) is 14.0 Å². The van der Waals surface area contributed by atoms with Crippen molar-refractivity contribution >= 4 is 33.8 Å². The number of ether oxygens (including phenoxy) is 2. The monoisotopic (exact) mass is 372 g/mol. The lowest BCUT2D eigenvalue weighted by Gasteiger charge is -2.14. The fourth-order valence-corrected chi connectivity index (χ4v) is 2.47. The van der Waals surface area contributed by atoms with Gasteiger partial charge in [0.15, 0.2) is 11.5 Å². The zero-order chi connectivity index (χ0) is 15.4. The van der Waals surface area contributed by atoms with Gasteiger partial charge in [-0.2, -0.15) is 0 Å². The number of hydrogen-bond acceptors (Lipinski definition) is 4. The molecule has 21 heavy (non-hydrogen) atoms. The molecule has 1 aromatic heterocycles. The van der Waals surface area contributed by atoms with Crippen LogP contribution in [-0.4, -0.2) is 22.4 Å². The maximum absolute atomic E-state index is 10.9. The predicted molar refractivity (Wildman–Crippen MR) is 83.2 cm³/mol. The average Bonchev–Trinajstić information content (AvgIpc) is 2.78. The van der Waals surface area contributed by atoms with Gasteiger partial charge >= 0.3 is 0 Å². The molecule has 0 radical (unpaired) electrons. The van der Waals surface area contributed by atoms with E-state index in [4.69, 9.17) is 21.1 Å². The molecule has 0 saturated carbocycles. The third-order valence-electron chi connectivity index (χ3n) is 2.84. The zero-order valence-electron chi connectivity index (χ0n) is 11.6. The highest BCUT2D eigenvalue weighted by Crippen LogP contribution is 2.37. The summed E-state index contributed by atoms with van der Waals surface area (Å²) < 4.78 is 13.7. The first-order valence-electron chi connectivity index (χ1n) is 6.27. The van der Waals surface area contributed by atoms with Crippen LogP contribution in [-0.2, 0) is 13.7 Å². The normalized spacial score (nSPS) is 10.5. The second-order valence-corrected chi connectivity index (χ2v) is 5.47. The Labute approximate surface area is 136 Å². The highest BCUT2D eigenvalue weighted by atomic mass is 79.9. The second kappa shape index (κ2) is 6.95. The lowest BCUT2D eigenvalue weighted by Crippen LogP contribution is -2.06. The van der Waals surface area contributed by atoms with Gasteiger partial charge in [-0.15, -0.1) is 0 Å². The van der Waals surface area contributed by atoms with Crippen molar-refractivity contribution in [2.24, 2.45) is 7.05 Å². The fourth-order valence-electron chi connectivity index (χ4n) is 1.75. The largest absolute Gasteiger partial charge is 0.490 e. The van der Waals surface area contributed by atoms with Crippen LogP contribution in [0.25, 0.3) is 0 Å². The van der Waals surface area contributed by atoms with E-state index < -0.39 is 0 Å². The van der Waals surface area contributed by atoms with Gasteiger partial charge in [0.25, 0.3) is 0 Å². The molecule has 2 aromatic rings. The van der Waals surface area contributed by atoms with Crippen LogP contribution in [0.3, 0.4) is 0 Å². The van der Waals surface area contributed by atoms with Crippen molar-refractivity contribution in [3.05, 3.63) is 39.3 Å². The highest BCUT2D eigenvalue weighted by Gasteiger charge is 2.14. The van der Waals surface area contributed by atoms with E-state index in [0.29, 0.717) is 39.1 Å². The minimum absolute atomic E-state index is 0.238. The van der Waals surface area contributed by atoms with Gasteiger partial charge in [-0.25, -0.2) is 4.98 Å². The summed E-state index contributed by atoms with van der Waals surface area (Å²) in [7, 11) is 1.81. The van der Waals surface area contributed by atoms with E-state index in [1.54, 1.807) is 22.9 Å². The Balaban J connectivity index is 2.26. The molecule has 2 rings (SSSR count). The second-order valence-electron chi connectivity index (χ2n) is 4.23. The molecule has 0 amide bonds. The van der Waals surface area contributed by atoms with Crippen molar-refractivity contribution in [3.8, 4) is 11.5 Å². The fraction of sp³-hybridized carbons (Fsp3) is 0.286. The topological polar surface area (TPSA) is 53.4 Å². The molecule has 1 heterocycles. The number of halogens is 2. The minimum Gasteiger partial charge on any atom is -0.490 e. The van der Waals surface area contributed by atoms with Crippen LogP contribution in [0.4, 0.5) is 0 Å². The van der Waals surface area contributed by atoms with Gasteiger partial charge in [-0.3, -0.25) is 4.79 Å². The third kappa shape index (κ3) is 3.57. The van der Waals surface area contributed by atoms with Gasteiger partial charge in [0.2, 0.25) is 0 Å². The zero-order valence-corrected chi connectivity index (χ0v) is 13.9. The highest BCUT2D eigenvalue weighted by molar-refractivity contribution is 9.10. The van der Waals surface area contributed by atoms with E-state index >= 15 is 0 Å². The van der Waals surface area contributed by atoms with Crippen LogP contribution in [0, 0.1) is 0 Å². The van der Waals surface area contributed by atoms with Crippen LogP contribution >= 0.6 is 27.5 Å². The molecule has 0 aliphatic heterocycles. The first-order valence-corrected chi connectivity index (χ1v) is 7.44. The van der Waals surface area contributed by atoms with Gasteiger partial charge in [0.05, 0.1) is 17.3 Å². The number of carbonyl (C=O) groups is 1. The molecule has 0 aliphatic rings. The first kappa shape index (κ1) is 15.9. The average molecular weight is 374 g/mol. The Morgan fingerprint density at radius 1 is 1.43 bits per heavy atom. The Morgan fingerprint density at radius 2 is 2.19 bits per heavy atom. The van der Waals surface area contributed by atoms with E-state index in [9.17, 15) is 4.79 Å².